The SMILES string of the molecule is CSc1ccc(C(C)(Nc2cccc(C)c2)C(=O)O)cc1. The van der Waals surface area contributed by atoms with Crippen LogP contribution in [-0.2, 0) is 10.3 Å². The maximum atomic E-state index is 11.8. The molecule has 21 heavy (non-hydrogen) atoms. The minimum Gasteiger partial charge on any atom is -0.479 e. The van der Waals surface area contributed by atoms with E-state index >= 15 is 0 Å². The molecule has 2 aromatic carbocycles. The summed E-state index contributed by atoms with van der Waals surface area (Å²) < 4.78 is 0. The summed E-state index contributed by atoms with van der Waals surface area (Å²) in [6.07, 6.45) is 2.00. The summed E-state index contributed by atoms with van der Waals surface area (Å²) in [4.78, 5) is 12.9. The van der Waals surface area contributed by atoms with E-state index in [1.807, 2.05) is 61.7 Å². The van der Waals surface area contributed by atoms with Gasteiger partial charge in [-0.05, 0) is 55.5 Å². The van der Waals surface area contributed by atoms with Crippen LogP contribution in [0.1, 0.15) is 18.1 Å². The molecule has 2 N–H and O–H groups in total. The Morgan fingerprint density at radius 1 is 1.19 bits per heavy atom. The molecule has 4 heteroatoms. The van der Waals surface area contributed by atoms with Crippen LogP contribution in [0.4, 0.5) is 5.69 Å². The quantitative estimate of drug-likeness (QED) is 0.815. The number of thioether (sulfide) groups is 1. The van der Waals surface area contributed by atoms with Crippen molar-refractivity contribution in [1.82, 2.24) is 0 Å². The summed E-state index contributed by atoms with van der Waals surface area (Å²) in [6, 6.07) is 15.3. The highest BCUT2D eigenvalue weighted by Crippen LogP contribution is 2.28. The summed E-state index contributed by atoms with van der Waals surface area (Å²) in [5.41, 5.74) is 1.46. The van der Waals surface area contributed by atoms with Crippen LogP contribution in [0.5, 0.6) is 0 Å². The molecule has 0 bridgehead atoms. The molecule has 110 valence electrons. The average molecular weight is 301 g/mol. The molecule has 0 aromatic heterocycles. The molecular weight excluding hydrogens is 282 g/mol. The lowest BCUT2D eigenvalue weighted by molar-refractivity contribution is -0.142. The predicted molar refractivity (Wildman–Crippen MR) is 88.0 cm³/mol. The molecule has 0 aliphatic heterocycles. The molecule has 0 aliphatic carbocycles. The highest BCUT2D eigenvalue weighted by Gasteiger charge is 2.35. The van der Waals surface area contributed by atoms with Crippen molar-refractivity contribution < 1.29 is 9.90 Å². The summed E-state index contributed by atoms with van der Waals surface area (Å²) >= 11 is 1.63. The molecule has 3 nitrogen and oxygen atoms in total. The van der Waals surface area contributed by atoms with Gasteiger partial charge in [-0.2, -0.15) is 0 Å². The number of anilines is 1. The topological polar surface area (TPSA) is 49.3 Å². The highest BCUT2D eigenvalue weighted by atomic mass is 32.2. The fraction of sp³-hybridized carbons (Fsp3) is 0.235. The van der Waals surface area contributed by atoms with Crippen LogP contribution in [-0.4, -0.2) is 17.3 Å². The smallest absolute Gasteiger partial charge is 0.333 e. The van der Waals surface area contributed by atoms with E-state index in [9.17, 15) is 9.90 Å². The van der Waals surface area contributed by atoms with Gasteiger partial charge in [-0.25, -0.2) is 4.79 Å². The molecule has 0 saturated heterocycles. The van der Waals surface area contributed by atoms with Gasteiger partial charge in [0.15, 0.2) is 5.54 Å². The van der Waals surface area contributed by atoms with Gasteiger partial charge in [-0.15, -0.1) is 11.8 Å². The van der Waals surface area contributed by atoms with Crippen LogP contribution in [0.3, 0.4) is 0 Å². The zero-order valence-corrected chi connectivity index (χ0v) is 13.2. The Morgan fingerprint density at radius 2 is 1.86 bits per heavy atom. The van der Waals surface area contributed by atoms with Crippen molar-refractivity contribution in [2.24, 2.45) is 0 Å². The van der Waals surface area contributed by atoms with Crippen LogP contribution in [0, 0.1) is 6.92 Å². The lowest BCUT2D eigenvalue weighted by atomic mass is 9.91. The number of carboxylic acids is 1. The maximum Gasteiger partial charge on any atom is 0.333 e. The number of aryl methyl sites for hydroxylation is 1. The van der Waals surface area contributed by atoms with E-state index in [0.29, 0.717) is 0 Å². The first-order valence-electron chi connectivity index (χ1n) is 6.68. The minimum atomic E-state index is -1.16. The molecule has 2 aromatic rings. The Bertz CT molecular complexity index is 639. The highest BCUT2D eigenvalue weighted by molar-refractivity contribution is 7.98. The molecule has 0 amide bonds. The maximum absolute atomic E-state index is 11.8. The Kier molecular flexibility index (Phi) is 4.58. The van der Waals surface area contributed by atoms with Gasteiger partial charge in [0.1, 0.15) is 0 Å². The number of carboxylic acid groups (broad SMARTS) is 1. The predicted octanol–water partition coefficient (Wildman–Crippen LogP) is 4.13. The molecular formula is C17H19NO2S. The van der Waals surface area contributed by atoms with Crippen molar-refractivity contribution >= 4 is 23.4 Å². The lowest BCUT2D eigenvalue weighted by Gasteiger charge is -2.28. The van der Waals surface area contributed by atoms with Gasteiger partial charge in [0, 0.05) is 10.6 Å². The number of aliphatic carboxylic acids is 1. The van der Waals surface area contributed by atoms with E-state index in [0.717, 1.165) is 21.7 Å². The van der Waals surface area contributed by atoms with Gasteiger partial charge in [0.2, 0.25) is 0 Å². The van der Waals surface area contributed by atoms with Crippen molar-refractivity contribution in [2.75, 3.05) is 11.6 Å². The van der Waals surface area contributed by atoms with E-state index in [1.54, 1.807) is 18.7 Å². The van der Waals surface area contributed by atoms with Gasteiger partial charge < -0.3 is 10.4 Å². The van der Waals surface area contributed by atoms with Crippen LogP contribution >= 0.6 is 11.8 Å². The summed E-state index contributed by atoms with van der Waals surface area (Å²) in [5.74, 6) is -0.902. The average Bonchev–Trinajstić information content (AvgIpc) is 2.47. The van der Waals surface area contributed by atoms with Crippen LogP contribution in [0.25, 0.3) is 0 Å². The standard InChI is InChI=1S/C17H19NO2S/c1-12-5-4-6-14(11-12)18-17(2,16(19)20)13-7-9-15(21-3)10-8-13/h4-11,18H,1-3H3,(H,19,20). The number of hydrogen-bond acceptors (Lipinski definition) is 3. The minimum absolute atomic E-state index is 0.731. The van der Waals surface area contributed by atoms with Crippen LogP contribution < -0.4 is 5.32 Å². The Morgan fingerprint density at radius 3 is 2.38 bits per heavy atom. The van der Waals surface area contributed by atoms with Crippen LogP contribution in [0.2, 0.25) is 0 Å². The molecule has 1 unspecified atom stereocenters. The Labute approximate surface area is 129 Å². The summed E-state index contributed by atoms with van der Waals surface area (Å²) in [7, 11) is 0. The van der Waals surface area contributed by atoms with Crippen molar-refractivity contribution in [3.63, 3.8) is 0 Å². The summed E-state index contributed by atoms with van der Waals surface area (Å²) in [5, 5.41) is 12.8. The molecule has 0 spiro atoms. The second-order valence-corrected chi connectivity index (χ2v) is 6.03. The van der Waals surface area contributed by atoms with Gasteiger partial charge >= 0.3 is 5.97 Å². The lowest BCUT2D eigenvalue weighted by Crippen LogP contribution is -2.40. The molecule has 1 atom stereocenters. The van der Waals surface area contributed by atoms with E-state index < -0.39 is 11.5 Å². The number of hydrogen-bond donors (Lipinski definition) is 2. The molecule has 0 saturated carbocycles. The fourth-order valence-electron chi connectivity index (χ4n) is 2.18. The van der Waals surface area contributed by atoms with Gasteiger partial charge in [-0.1, -0.05) is 24.3 Å². The molecule has 0 heterocycles. The van der Waals surface area contributed by atoms with Crippen molar-refractivity contribution in [3.05, 3.63) is 59.7 Å². The molecule has 0 radical (unpaired) electrons. The van der Waals surface area contributed by atoms with E-state index in [1.165, 1.54) is 0 Å². The second kappa shape index (κ2) is 6.22. The monoisotopic (exact) mass is 301 g/mol. The number of carbonyl (C=O) groups is 1. The second-order valence-electron chi connectivity index (χ2n) is 5.15. The van der Waals surface area contributed by atoms with E-state index in [4.69, 9.17) is 0 Å². The van der Waals surface area contributed by atoms with E-state index in [-0.39, 0.29) is 0 Å². The van der Waals surface area contributed by atoms with Gasteiger partial charge in [-0.3, -0.25) is 0 Å². The fourth-order valence-corrected chi connectivity index (χ4v) is 2.59. The Balaban J connectivity index is 2.37. The Hall–Kier alpha value is -1.94. The zero-order chi connectivity index (χ0) is 15.5. The number of benzene rings is 2. The first kappa shape index (κ1) is 15.4. The van der Waals surface area contributed by atoms with E-state index in [2.05, 4.69) is 5.32 Å². The molecule has 0 aliphatic rings. The van der Waals surface area contributed by atoms with Crippen molar-refractivity contribution in [2.45, 2.75) is 24.3 Å². The van der Waals surface area contributed by atoms with Crippen molar-refractivity contribution in [3.8, 4) is 0 Å². The third-order valence-corrected chi connectivity index (χ3v) is 4.25. The van der Waals surface area contributed by atoms with Gasteiger partial charge in [0.25, 0.3) is 0 Å². The molecule has 0 fully saturated rings. The third kappa shape index (κ3) is 3.39. The third-order valence-electron chi connectivity index (χ3n) is 3.51. The normalized spacial score (nSPS) is 13.5. The zero-order valence-electron chi connectivity index (χ0n) is 12.4. The largest absolute Gasteiger partial charge is 0.479 e. The number of nitrogens with one attached hydrogen (secondary N) is 1. The summed E-state index contributed by atoms with van der Waals surface area (Å²) in [6.45, 7) is 3.67. The van der Waals surface area contributed by atoms with Gasteiger partial charge in [0.05, 0.1) is 0 Å². The number of rotatable bonds is 5. The molecule has 2 rings (SSSR count). The first-order chi connectivity index (χ1) is 9.95. The van der Waals surface area contributed by atoms with Crippen molar-refractivity contribution in [1.29, 1.82) is 0 Å². The van der Waals surface area contributed by atoms with Crippen LogP contribution in [0.15, 0.2) is 53.4 Å². The first-order valence-corrected chi connectivity index (χ1v) is 7.91.